The van der Waals surface area contributed by atoms with Crippen LogP contribution < -0.4 is 21.9 Å². The van der Waals surface area contributed by atoms with E-state index in [-0.39, 0.29) is 12.5 Å². The number of carbonyl (C=O) groups is 1. The lowest BCUT2D eigenvalue weighted by atomic mass is 10.3. The lowest BCUT2D eigenvalue weighted by Gasteiger charge is -2.15. The molecule has 7 heteroatoms. The normalized spacial score (nSPS) is 10.4. The summed E-state index contributed by atoms with van der Waals surface area (Å²) in [6.07, 6.45) is 1.50. The minimum Gasteiger partial charge on any atom is -0.399 e. The molecule has 5 N–H and O–H groups in total. The molecule has 0 atom stereocenters. The van der Waals surface area contributed by atoms with Crippen molar-refractivity contribution in [2.24, 2.45) is 11.6 Å². The summed E-state index contributed by atoms with van der Waals surface area (Å²) in [5, 5.41) is 4.72. The fraction of sp³-hybridized carbons (Fsp3) is 0.308. The largest absolute Gasteiger partial charge is 0.399 e. The van der Waals surface area contributed by atoms with Gasteiger partial charge < -0.3 is 11.1 Å². The van der Waals surface area contributed by atoms with Crippen molar-refractivity contribution in [3.63, 3.8) is 0 Å². The van der Waals surface area contributed by atoms with Crippen molar-refractivity contribution in [1.82, 2.24) is 5.32 Å². The van der Waals surface area contributed by atoms with E-state index >= 15 is 0 Å². The minimum absolute atomic E-state index is 0.163. The highest BCUT2D eigenvalue weighted by Gasteiger charge is 2.04. The molecule has 0 radical (unpaired) electrons. The van der Waals surface area contributed by atoms with Crippen molar-refractivity contribution in [3.8, 4) is 0 Å². The van der Waals surface area contributed by atoms with Gasteiger partial charge in [-0.3, -0.25) is 9.80 Å². The van der Waals surface area contributed by atoms with E-state index in [1.54, 1.807) is 18.2 Å². The monoisotopic (exact) mass is 318 g/mol. The zero-order valence-corrected chi connectivity index (χ0v) is 13.3. The molecule has 0 aliphatic rings. The summed E-state index contributed by atoms with van der Waals surface area (Å²) in [7, 11) is 0. The van der Waals surface area contributed by atoms with Crippen LogP contribution in [0.5, 0.6) is 0 Å². The van der Waals surface area contributed by atoms with E-state index in [1.165, 1.54) is 18.1 Å². The molecule has 0 fully saturated rings. The fourth-order valence-corrected chi connectivity index (χ4v) is 1.46. The Kier molecular flexibility index (Phi) is 8.79. The van der Waals surface area contributed by atoms with Gasteiger partial charge in [0.1, 0.15) is 0 Å². The maximum absolute atomic E-state index is 10.7. The fourth-order valence-electron chi connectivity index (χ4n) is 1.17. The number of hydrazine groups is 1. The van der Waals surface area contributed by atoms with Crippen molar-refractivity contribution in [2.45, 2.75) is 20.8 Å². The van der Waals surface area contributed by atoms with Crippen LogP contribution in [0.3, 0.4) is 0 Å². The topological polar surface area (TPSA) is 84.4 Å². The van der Waals surface area contributed by atoms with E-state index < -0.39 is 0 Å². The van der Waals surface area contributed by atoms with Gasteiger partial charge in [-0.15, -0.1) is 0 Å². The number of anilines is 1. The number of benzene rings is 1. The lowest BCUT2D eigenvalue weighted by molar-refractivity contribution is -0.118. The first kappa shape index (κ1) is 18.6. The summed E-state index contributed by atoms with van der Waals surface area (Å²) in [5.74, 6) is 5.62. The van der Waals surface area contributed by atoms with Crippen molar-refractivity contribution >= 4 is 34.8 Å². The highest BCUT2D eigenvalue weighted by atomic mass is 35.5. The molecule has 0 aromatic heterocycles. The van der Waals surface area contributed by atoms with Crippen LogP contribution in [-0.2, 0) is 4.79 Å². The van der Waals surface area contributed by atoms with Crippen LogP contribution in [0.4, 0.5) is 5.69 Å². The SMILES string of the molecule is CC.CC(=O)NC/C(N)=C/N(N)c1ccc(Cl)c(Cl)c1. The van der Waals surface area contributed by atoms with E-state index in [2.05, 4.69) is 5.32 Å². The second kappa shape index (κ2) is 9.47. The van der Waals surface area contributed by atoms with Gasteiger partial charge in [0.2, 0.25) is 5.91 Å². The van der Waals surface area contributed by atoms with Crippen LogP contribution in [0.1, 0.15) is 20.8 Å². The van der Waals surface area contributed by atoms with E-state index in [4.69, 9.17) is 34.8 Å². The molecule has 0 spiro atoms. The lowest BCUT2D eigenvalue weighted by Crippen LogP contribution is -2.30. The Morgan fingerprint density at radius 1 is 1.35 bits per heavy atom. The predicted octanol–water partition coefficient (Wildman–Crippen LogP) is 2.64. The molecular weight excluding hydrogens is 299 g/mol. The van der Waals surface area contributed by atoms with E-state index in [0.29, 0.717) is 21.4 Å². The minimum atomic E-state index is -0.163. The summed E-state index contributed by atoms with van der Waals surface area (Å²) in [6, 6.07) is 4.96. The van der Waals surface area contributed by atoms with Gasteiger partial charge in [0.05, 0.1) is 22.3 Å². The molecule has 0 saturated carbocycles. The third-order valence-electron chi connectivity index (χ3n) is 2.05. The zero-order valence-electron chi connectivity index (χ0n) is 11.8. The van der Waals surface area contributed by atoms with Crippen LogP contribution in [0.15, 0.2) is 30.1 Å². The molecule has 0 unspecified atom stereocenters. The number of hydrogen-bond acceptors (Lipinski definition) is 4. The molecule has 20 heavy (non-hydrogen) atoms. The molecule has 1 aromatic rings. The molecule has 5 nitrogen and oxygen atoms in total. The summed E-state index contributed by atoms with van der Waals surface area (Å²) in [4.78, 5) is 10.7. The number of nitrogens with two attached hydrogens (primary N) is 2. The molecule has 0 aliphatic heterocycles. The van der Waals surface area contributed by atoms with E-state index in [1.807, 2.05) is 13.8 Å². The number of amides is 1. The summed E-state index contributed by atoms with van der Waals surface area (Å²) in [6.45, 7) is 5.64. The maximum atomic E-state index is 10.7. The first-order valence-electron chi connectivity index (χ1n) is 6.09. The Bertz CT molecular complexity index is 477. The first-order valence-corrected chi connectivity index (χ1v) is 6.85. The van der Waals surface area contributed by atoms with Crippen LogP contribution in [0.25, 0.3) is 0 Å². The van der Waals surface area contributed by atoms with Crippen molar-refractivity contribution in [2.75, 3.05) is 11.6 Å². The van der Waals surface area contributed by atoms with Gasteiger partial charge in [-0.05, 0) is 18.2 Å². The Balaban J connectivity index is 0.00000172. The van der Waals surface area contributed by atoms with Gasteiger partial charge in [0.25, 0.3) is 0 Å². The van der Waals surface area contributed by atoms with Gasteiger partial charge in [0, 0.05) is 18.8 Å². The van der Waals surface area contributed by atoms with Gasteiger partial charge in [0.15, 0.2) is 0 Å². The van der Waals surface area contributed by atoms with Gasteiger partial charge in [-0.25, -0.2) is 5.84 Å². The number of nitrogens with one attached hydrogen (secondary N) is 1. The molecule has 1 amide bonds. The Morgan fingerprint density at radius 2 is 1.95 bits per heavy atom. The Morgan fingerprint density at radius 3 is 2.45 bits per heavy atom. The van der Waals surface area contributed by atoms with Crippen LogP contribution >= 0.6 is 23.2 Å². The number of carbonyl (C=O) groups excluding carboxylic acids is 1. The maximum Gasteiger partial charge on any atom is 0.217 e. The quantitative estimate of drug-likeness (QED) is 0.588. The average molecular weight is 319 g/mol. The van der Waals surface area contributed by atoms with Crippen molar-refractivity contribution in [3.05, 3.63) is 40.1 Å². The standard InChI is InChI=1S/C11H14Cl2N4O.C2H6/c1-7(18)16-5-8(14)6-17(15)9-2-3-10(12)11(13)4-9;1-2/h2-4,6H,5,14-15H2,1H3,(H,16,18);1-2H3/b8-6-;. The second-order valence-corrected chi connectivity index (χ2v) is 4.43. The number of halogens is 2. The highest BCUT2D eigenvalue weighted by molar-refractivity contribution is 6.42. The van der Waals surface area contributed by atoms with Crippen LogP contribution in [0, 0.1) is 0 Å². The van der Waals surface area contributed by atoms with Gasteiger partial charge in [-0.1, -0.05) is 37.0 Å². The molecule has 1 rings (SSSR count). The van der Waals surface area contributed by atoms with Gasteiger partial charge in [-0.2, -0.15) is 0 Å². The third-order valence-corrected chi connectivity index (χ3v) is 2.79. The number of nitrogens with zero attached hydrogens (tertiary/aromatic N) is 1. The summed E-state index contributed by atoms with van der Waals surface area (Å²) in [5.41, 5.74) is 6.74. The highest BCUT2D eigenvalue weighted by Crippen LogP contribution is 2.26. The van der Waals surface area contributed by atoms with E-state index in [9.17, 15) is 4.79 Å². The first-order chi connectivity index (χ1) is 9.40. The predicted molar refractivity (Wildman–Crippen MR) is 85.4 cm³/mol. The van der Waals surface area contributed by atoms with Crippen molar-refractivity contribution in [1.29, 1.82) is 0 Å². The second-order valence-electron chi connectivity index (χ2n) is 3.62. The van der Waals surface area contributed by atoms with Crippen LogP contribution in [0.2, 0.25) is 10.0 Å². The molecular formula is C13H20Cl2N4O. The third kappa shape index (κ3) is 6.65. The Hall–Kier alpha value is -1.43. The number of hydrogen-bond donors (Lipinski definition) is 3. The summed E-state index contributed by atoms with van der Waals surface area (Å²) >= 11 is 11.7. The van der Waals surface area contributed by atoms with Crippen molar-refractivity contribution < 1.29 is 4.79 Å². The summed E-state index contributed by atoms with van der Waals surface area (Å²) < 4.78 is 0. The van der Waals surface area contributed by atoms with Crippen LogP contribution in [-0.4, -0.2) is 12.5 Å². The Labute approximate surface area is 129 Å². The molecule has 0 heterocycles. The molecule has 0 bridgehead atoms. The van der Waals surface area contributed by atoms with E-state index in [0.717, 1.165) is 0 Å². The average Bonchev–Trinajstić information content (AvgIpc) is 2.41. The molecule has 112 valence electrons. The van der Waals surface area contributed by atoms with Gasteiger partial charge >= 0.3 is 0 Å². The molecule has 0 aliphatic carbocycles. The molecule has 1 aromatic carbocycles. The molecule has 0 saturated heterocycles. The number of rotatable bonds is 4. The smallest absolute Gasteiger partial charge is 0.217 e. The zero-order chi connectivity index (χ0) is 15.7.